The first-order chi connectivity index (χ1) is 8.66. The van der Waals surface area contributed by atoms with Gasteiger partial charge in [0, 0.05) is 0 Å². The molecule has 118 valence electrons. The van der Waals surface area contributed by atoms with Crippen LogP contribution in [-0.4, -0.2) is 49.7 Å². The molecule has 0 aromatic heterocycles. The second kappa shape index (κ2) is 8.13. The molecular weight excluding hydrogens is 291 g/mol. The molecule has 0 spiro atoms. The van der Waals surface area contributed by atoms with Crippen LogP contribution in [0, 0.1) is 0 Å². The second-order valence-electron chi connectivity index (χ2n) is 4.73. The Balaban J connectivity index is 0. The molecule has 0 aliphatic carbocycles. The van der Waals surface area contributed by atoms with E-state index in [0.29, 0.717) is 0 Å². The van der Waals surface area contributed by atoms with Crippen LogP contribution in [0.15, 0.2) is 11.6 Å². The zero-order chi connectivity index (χ0) is 16.7. The van der Waals surface area contributed by atoms with Gasteiger partial charge >= 0.3 is 19.5 Å². The van der Waals surface area contributed by atoms with Crippen LogP contribution in [-0.2, 0) is 14.2 Å². The third-order valence-corrected chi connectivity index (χ3v) is 2.67. The molecule has 0 saturated carbocycles. The largest absolute Gasteiger partial charge is 0.480 e. The average molecular weight is 312 g/mol. The predicted molar refractivity (Wildman–Crippen MR) is 72.2 cm³/mol. The molecule has 1 atom stereocenters. The Morgan fingerprint density at radius 3 is 1.85 bits per heavy atom. The minimum atomic E-state index is -4.13. The summed E-state index contributed by atoms with van der Waals surface area (Å²) in [5, 5.41) is 16.5. The Morgan fingerprint density at radius 1 is 1.30 bits per heavy atom. The van der Waals surface area contributed by atoms with Gasteiger partial charge in [-0.3, -0.25) is 14.2 Å². The smallest absolute Gasteiger partial charge is 0.329 e. The van der Waals surface area contributed by atoms with Crippen molar-refractivity contribution in [3.63, 3.8) is 0 Å². The highest BCUT2D eigenvalue weighted by atomic mass is 31.2. The van der Waals surface area contributed by atoms with Crippen LogP contribution in [0.25, 0.3) is 0 Å². The van der Waals surface area contributed by atoms with Gasteiger partial charge in [-0.1, -0.05) is 11.6 Å². The molecule has 0 aromatic carbocycles. The summed E-state index contributed by atoms with van der Waals surface area (Å²) < 4.78 is 10.5. The maximum Gasteiger partial charge on any atom is 0.329 e. The van der Waals surface area contributed by atoms with E-state index in [9.17, 15) is 14.2 Å². The maximum atomic E-state index is 10.5. The highest BCUT2D eigenvalue weighted by Crippen LogP contribution is 2.36. The molecule has 0 bridgehead atoms. The van der Waals surface area contributed by atoms with E-state index in [2.05, 4.69) is 0 Å². The van der Waals surface area contributed by atoms with E-state index in [-0.39, 0.29) is 5.57 Å². The molecule has 0 aliphatic rings. The number of carbonyl (C=O) groups is 2. The van der Waals surface area contributed by atoms with E-state index in [1.807, 2.05) is 0 Å². The lowest BCUT2D eigenvalue weighted by Crippen LogP contribution is -2.41. The molecule has 0 saturated heterocycles. The lowest BCUT2D eigenvalue weighted by Gasteiger charge is -2.09. The third-order valence-electron chi connectivity index (χ3n) is 1.76. The first-order valence-corrected chi connectivity index (χ1v) is 7.19. The van der Waals surface area contributed by atoms with Crippen LogP contribution >= 0.6 is 7.60 Å². The summed E-state index contributed by atoms with van der Waals surface area (Å²) in [6.45, 7) is 4.30. The van der Waals surface area contributed by atoms with E-state index in [1.54, 1.807) is 0 Å². The number of hydrogen-bond donors (Lipinski definition) is 6. The van der Waals surface area contributed by atoms with E-state index in [4.69, 9.17) is 31.5 Å². The molecule has 0 aromatic rings. The van der Waals surface area contributed by atoms with Crippen molar-refractivity contribution in [1.82, 2.24) is 0 Å². The van der Waals surface area contributed by atoms with Gasteiger partial charge in [-0.25, -0.2) is 0 Å². The molecule has 0 heterocycles. The van der Waals surface area contributed by atoms with Crippen LogP contribution in [0.5, 0.6) is 0 Å². The molecule has 0 amide bonds. The first-order valence-electron chi connectivity index (χ1n) is 5.39. The van der Waals surface area contributed by atoms with E-state index < -0.39 is 37.3 Å². The lowest BCUT2D eigenvalue weighted by molar-refractivity contribution is -0.142. The van der Waals surface area contributed by atoms with E-state index >= 15 is 0 Å². The van der Waals surface area contributed by atoms with Crippen molar-refractivity contribution >= 4 is 19.5 Å². The van der Waals surface area contributed by atoms with Gasteiger partial charge in [0.2, 0.25) is 0 Å². The Bertz CT molecular complexity index is 422. The molecule has 9 nitrogen and oxygen atoms in total. The summed E-state index contributed by atoms with van der Waals surface area (Å²) in [6, 6.07) is -1.22. The van der Waals surface area contributed by atoms with Crippen molar-refractivity contribution < 1.29 is 34.2 Å². The van der Waals surface area contributed by atoms with Gasteiger partial charge in [0.25, 0.3) is 0 Å². The average Bonchev–Trinajstić information content (AvgIpc) is 2.13. The molecule has 0 radical (unpaired) electrons. The van der Waals surface area contributed by atoms with Crippen LogP contribution in [0.3, 0.4) is 0 Å². The van der Waals surface area contributed by atoms with Crippen LogP contribution in [0.2, 0.25) is 0 Å². The third kappa shape index (κ3) is 13.2. The summed E-state index contributed by atoms with van der Waals surface area (Å²) in [5.41, 5.74) is 9.37. The maximum absolute atomic E-state index is 10.5. The zero-order valence-electron chi connectivity index (χ0n) is 11.5. The van der Waals surface area contributed by atoms with Gasteiger partial charge in [0.1, 0.15) is 11.6 Å². The van der Waals surface area contributed by atoms with Gasteiger partial charge in [0.15, 0.2) is 0 Å². The Morgan fingerprint density at radius 2 is 1.65 bits per heavy atom. The van der Waals surface area contributed by atoms with E-state index in [0.717, 1.165) is 6.08 Å². The van der Waals surface area contributed by atoms with Gasteiger partial charge < -0.3 is 31.5 Å². The Kier molecular flexibility index (Phi) is 8.56. The fourth-order valence-corrected chi connectivity index (χ4v) is 1.51. The van der Waals surface area contributed by atoms with Crippen molar-refractivity contribution in [2.45, 2.75) is 32.4 Å². The van der Waals surface area contributed by atoms with Gasteiger partial charge in [0.05, 0.1) is 6.16 Å². The molecule has 1 unspecified atom stereocenters. The molecule has 10 heteroatoms. The van der Waals surface area contributed by atoms with Crippen molar-refractivity contribution in [2.75, 3.05) is 6.16 Å². The topological polar surface area (TPSA) is 184 Å². The summed E-state index contributed by atoms with van der Waals surface area (Å²) in [4.78, 5) is 37.2. The standard InChI is InChI=1S/C6H12NO5P.C4H9NO2/c1-4(3-13(10,11)12)2-5(7)6(8)9;1-4(2,5)3(6)7/h2,5H,3,7H2,1H3,(H,8,9)(H2,10,11,12);5H2,1-2H3,(H,6,7). The van der Waals surface area contributed by atoms with Crippen molar-refractivity contribution in [3.8, 4) is 0 Å². The molecule has 0 fully saturated rings. The number of allylic oxidation sites excluding steroid dienone is 1. The SMILES string of the molecule is CC(=CC(N)C(=O)O)CP(=O)(O)O.CC(C)(N)C(=O)O. The fraction of sp³-hybridized carbons (Fsp3) is 0.600. The van der Waals surface area contributed by atoms with Crippen LogP contribution < -0.4 is 11.5 Å². The normalized spacial score (nSPS) is 14.1. The summed E-state index contributed by atoms with van der Waals surface area (Å²) in [5.74, 6) is -2.21. The first kappa shape index (κ1) is 21.1. The minimum absolute atomic E-state index is 0.267. The van der Waals surface area contributed by atoms with Crippen molar-refractivity contribution in [3.05, 3.63) is 11.6 Å². The van der Waals surface area contributed by atoms with Gasteiger partial charge in [-0.05, 0) is 20.8 Å². The Labute approximate surface area is 116 Å². The van der Waals surface area contributed by atoms with Gasteiger partial charge in [-0.2, -0.15) is 0 Å². The number of aliphatic carboxylic acids is 2. The quantitative estimate of drug-likeness (QED) is 0.283. The zero-order valence-corrected chi connectivity index (χ0v) is 12.4. The van der Waals surface area contributed by atoms with Crippen LogP contribution in [0.1, 0.15) is 20.8 Å². The molecule has 8 N–H and O–H groups in total. The second-order valence-corrected chi connectivity index (χ2v) is 6.37. The van der Waals surface area contributed by atoms with E-state index in [1.165, 1.54) is 20.8 Å². The lowest BCUT2D eigenvalue weighted by atomic mass is 10.1. The number of nitrogens with two attached hydrogens (primary N) is 2. The summed E-state index contributed by atoms with van der Waals surface area (Å²) in [7, 11) is -4.13. The number of rotatable bonds is 5. The number of carboxylic acid groups (broad SMARTS) is 2. The monoisotopic (exact) mass is 312 g/mol. The predicted octanol–water partition coefficient (Wildman–Crippen LogP) is -0.669. The molecule has 0 aliphatic heterocycles. The highest BCUT2D eigenvalue weighted by Gasteiger charge is 2.19. The highest BCUT2D eigenvalue weighted by molar-refractivity contribution is 7.52. The molecular formula is C10H21N2O7P. The number of hydrogen-bond acceptors (Lipinski definition) is 5. The summed E-state index contributed by atoms with van der Waals surface area (Å²) in [6.07, 6.45) is 0.648. The van der Waals surface area contributed by atoms with Gasteiger partial charge in [-0.15, -0.1) is 0 Å². The van der Waals surface area contributed by atoms with Crippen LogP contribution in [0.4, 0.5) is 0 Å². The van der Waals surface area contributed by atoms with Crippen molar-refractivity contribution in [1.29, 1.82) is 0 Å². The molecule has 0 rings (SSSR count). The fourth-order valence-electron chi connectivity index (χ4n) is 0.755. The molecule has 20 heavy (non-hydrogen) atoms. The number of carboxylic acids is 2. The van der Waals surface area contributed by atoms with Crippen molar-refractivity contribution in [2.24, 2.45) is 11.5 Å². The summed E-state index contributed by atoms with van der Waals surface area (Å²) >= 11 is 0. The minimum Gasteiger partial charge on any atom is -0.480 e. The Hall–Kier alpha value is -1.25.